The normalized spacial score (nSPS) is 23.5. The molecule has 0 spiro atoms. The van der Waals surface area contributed by atoms with Gasteiger partial charge in [0.2, 0.25) is 0 Å². The Bertz CT molecular complexity index is 569. The van der Waals surface area contributed by atoms with Crippen molar-refractivity contribution in [3.05, 3.63) is 29.8 Å². The highest BCUT2D eigenvalue weighted by atomic mass is 127. The third-order valence-corrected chi connectivity index (χ3v) is 6.46. The first-order valence-corrected chi connectivity index (χ1v) is 10.2. The smallest absolute Gasteiger partial charge is 0.191 e. The highest BCUT2D eigenvalue weighted by Crippen LogP contribution is 2.36. The van der Waals surface area contributed by atoms with Crippen molar-refractivity contribution < 1.29 is 4.74 Å². The van der Waals surface area contributed by atoms with Gasteiger partial charge in [0.1, 0.15) is 0 Å². The number of nitrogens with one attached hydrogen (secondary N) is 2. The molecule has 2 aliphatic heterocycles. The lowest BCUT2D eigenvalue weighted by molar-refractivity contribution is 0.122. The van der Waals surface area contributed by atoms with Crippen LogP contribution >= 0.6 is 35.7 Å². The first-order valence-electron chi connectivity index (χ1n) is 9.19. The van der Waals surface area contributed by atoms with Gasteiger partial charge in [-0.25, -0.2) is 0 Å². The summed E-state index contributed by atoms with van der Waals surface area (Å²) < 4.78 is 5.76. The molecule has 3 rings (SSSR count). The fourth-order valence-electron chi connectivity index (χ4n) is 3.30. The number of rotatable bonds is 5. The fraction of sp³-hybridized carbons (Fsp3) is 0.632. The number of benzene rings is 1. The van der Waals surface area contributed by atoms with Crippen LogP contribution in [0.2, 0.25) is 0 Å². The first-order chi connectivity index (χ1) is 12.2. The number of nitrogens with zero attached hydrogens (tertiary/aromatic N) is 2. The van der Waals surface area contributed by atoms with Crippen molar-refractivity contribution in [1.29, 1.82) is 0 Å². The third kappa shape index (κ3) is 6.20. The van der Waals surface area contributed by atoms with E-state index in [0.717, 1.165) is 45.4 Å². The van der Waals surface area contributed by atoms with Gasteiger partial charge in [0.05, 0.1) is 13.2 Å². The van der Waals surface area contributed by atoms with Crippen LogP contribution in [0.5, 0.6) is 0 Å². The number of hydrogen-bond acceptors (Lipinski definition) is 4. The lowest BCUT2D eigenvalue weighted by Gasteiger charge is -2.29. The molecule has 1 aromatic rings. The zero-order valence-electron chi connectivity index (χ0n) is 15.8. The summed E-state index contributed by atoms with van der Waals surface area (Å²) in [6, 6.07) is 8.79. The minimum absolute atomic E-state index is 0. The van der Waals surface area contributed by atoms with Crippen molar-refractivity contribution in [3.63, 3.8) is 0 Å². The SMILES string of the molecule is CN=C(NCc1ccc(N2CCOCC2)cc1)NCC1(C)CCCS1.I. The first kappa shape index (κ1) is 21.6. The number of hydrogen-bond donors (Lipinski definition) is 2. The van der Waals surface area contributed by atoms with Gasteiger partial charge in [-0.1, -0.05) is 12.1 Å². The summed E-state index contributed by atoms with van der Waals surface area (Å²) >= 11 is 2.07. The summed E-state index contributed by atoms with van der Waals surface area (Å²) in [6.45, 7) is 7.69. The molecular weight excluding hydrogens is 459 g/mol. The molecule has 0 saturated carbocycles. The van der Waals surface area contributed by atoms with Crippen LogP contribution in [-0.4, -0.2) is 56.4 Å². The van der Waals surface area contributed by atoms with Crippen LogP contribution in [0, 0.1) is 0 Å². The molecule has 0 aliphatic carbocycles. The van der Waals surface area contributed by atoms with Crippen molar-refractivity contribution in [3.8, 4) is 0 Å². The number of anilines is 1. The molecular formula is C19H31IN4OS. The summed E-state index contributed by atoms with van der Waals surface area (Å²) in [5.41, 5.74) is 2.54. The Labute approximate surface area is 178 Å². The van der Waals surface area contributed by atoms with Crippen LogP contribution in [0.3, 0.4) is 0 Å². The van der Waals surface area contributed by atoms with Crippen molar-refractivity contribution in [2.24, 2.45) is 4.99 Å². The van der Waals surface area contributed by atoms with Crippen molar-refractivity contribution in [1.82, 2.24) is 10.6 Å². The molecule has 2 fully saturated rings. The molecule has 26 heavy (non-hydrogen) atoms. The standard InChI is InChI=1S/C19H30N4OS.HI/c1-19(8-3-13-25-19)15-22-18(20-2)21-14-16-4-6-17(7-5-16)23-9-11-24-12-10-23;/h4-7H,3,8-15H2,1-2H3,(H2,20,21,22);1H. The van der Waals surface area contributed by atoms with E-state index in [1.807, 2.05) is 7.05 Å². The summed E-state index contributed by atoms with van der Waals surface area (Å²) in [6.07, 6.45) is 2.61. The Morgan fingerprint density at radius 2 is 1.96 bits per heavy atom. The largest absolute Gasteiger partial charge is 0.378 e. The van der Waals surface area contributed by atoms with E-state index >= 15 is 0 Å². The second-order valence-electron chi connectivity index (χ2n) is 6.95. The van der Waals surface area contributed by atoms with Gasteiger partial charge in [-0.3, -0.25) is 4.99 Å². The van der Waals surface area contributed by atoms with Gasteiger partial charge in [-0.2, -0.15) is 11.8 Å². The van der Waals surface area contributed by atoms with Crippen molar-refractivity contribution >= 4 is 47.4 Å². The maximum Gasteiger partial charge on any atom is 0.191 e. The zero-order valence-corrected chi connectivity index (χ0v) is 18.9. The minimum Gasteiger partial charge on any atom is -0.378 e. The predicted octanol–water partition coefficient (Wildman–Crippen LogP) is 3.09. The molecule has 2 saturated heterocycles. The molecule has 0 aromatic heterocycles. The molecule has 2 heterocycles. The summed E-state index contributed by atoms with van der Waals surface area (Å²) in [7, 11) is 1.83. The number of guanidine groups is 1. The Morgan fingerprint density at radius 1 is 1.23 bits per heavy atom. The topological polar surface area (TPSA) is 48.9 Å². The quantitative estimate of drug-likeness (QED) is 0.378. The molecule has 5 nitrogen and oxygen atoms in total. The van der Waals surface area contributed by atoms with Crippen molar-refractivity contribution in [2.45, 2.75) is 31.1 Å². The van der Waals surface area contributed by atoms with Crippen LogP contribution in [0.25, 0.3) is 0 Å². The average Bonchev–Trinajstić information content (AvgIpc) is 3.10. The van der Waals surface area contributed by atoms with Gasteiger partial charge in [0, 0.05) is 43.7 Å². The van der Waals surface area contributed by atoms with Crippen LogP contribution in [0.4, 0.5) is 5.69 Å². The third-order valence-electron chi connectivity index (χ3n) is 4.93. The summed E-state index contributed by atoms with van der Waals surface area (Å²) in [5.74, 6) is 2.16. The molecule has 0 amide bonds. The van der Waals surface area contributed by atoms with Gasteiger partial charge in [0.15, 0.2) is 5.96 Å². The number of ether oxygens (including phenoxy) is 1. The summed E-state index contributed by atoms with van der Waals surface area (Å²) in [5, 5.41) is 6.90. The lowest BCUT2D eigenvalue weighted by atomic mass is 10.1. The maximum atomic E-state index is 5.42. The number of halogens is 1. The van der Waals surface area contributed by atoms with E-state index in [4.69, 9.17) is 4.74 Å². The van der Waals surface area contributed by atoms with Crippen LogP contribution in [0.15, 0.2) is 29.3 Å². The van der Waals surface area contributed by atoms with E-state index in [1.165, 1.54) is 29.8 Å². The van der Waals surface area contributed by atoms with Crippen LogP contribution < -0.4 is 15.5 Å². The van der Waals surface area contributed by atoms with E-state index in [1.54, 1.807) is 0 Å². The van der Waals surface area contributed by atoms with Gasteiger partial charge < -0.3 is 20.3 Å². The van der Waals surface area contributed by atoms with Gasteiger partial charge in [-0.15, -0.1) is 24.0 Å². The minimum atomic E-state index is 0. The van der Waals surface area contributed by atoms with E-state index in [-0.39, 0.29) is 24.0 Å². The molecule has 146 valence electrons. The van der Waals surface area contributed by atoms with Gasteiger partial charge in [0.25, 0.3) is 0 Å². The molecule has 2 aliphatic rings. The molecule has 0 radical (unpaired) electrons. The second kappa shape index (κ2) is 10.6. The van der Waals surface area contributed by atoms with E-state index in [9.17, 15) is 0 Å². The number of aliphatic imine (C=N–C) groups is 1. The Morgan fingerprint density at radius 3 is 2.58 bits per heavy atom. The lowest BCUT2D eigenvalue weighted by Crippen LogP contribution is -2.43. The van der Waals surface area contributed by atoms with Crippen LogP contribution in [-0.2, 0) is 11.3 Å². The van der Waals surface area contributed by atoms with Gasteiger partial charge >= 0.3 is 0 Å². The zero-order chi connectivity index (χ0) is 17.5. The Balaban J connectivity index is 0.00000243. The molecule has 2 N–H and O–H groups in total. The molecule has 1 unspecified atom stereocenters. The molecule has 1 aromatic carbocycles. The van der Waals surface area contributed by atoms with E-state index in [2.05, 4.69) is 63.5 Å². The van der Waals surface area contributed by atoms with Crippen LogP contribution in [0.1, 0.15) is 25.3 Å². The van der Waals surface area contributed by atoms with Gasteiger partial charge in [-0.05, 0) is 43.2 Å². The number of thioether (sulfide) groups is 1. The fourth-order valence-corrected chi connectivity index (χ4v) is 4.54. The Kier molecular flexibility index (Phi) is 8.83. The number of morpholine rings is 1. The predicted molar refractivity (Wildman–Crippen MR) is 123 cm³/mol. The second-order valence-corrected chi connectivity index (χ2v) is 8.63. The van der Waals surface area contributed by atoms with E-state index in [0.29, 0.717) is 4.75 Å². The highest BCUT2D eigenvalue weighted by molar-refractivity contribution is 14.0. The maximum absolute atomic E-state index is 5.42. The molecule has 7 heteroatoms. The summed E-state index contributed by atoms with van der Waals surface area (Å²) in [4.78, 5) is 6.73. The monoisotopic (exact) mass is 490 g/mol. The molecule has 1 atom stereocenters. The molecule has 0 bridgehead atoms. The highest BCUT2D eigenvalue weighted by Gasteiger charge is 2.29. The van der Waals surface area contributed by atoms with E-state index < -0.39 is 0 Å². The average molecular weight is 490 g/mol. The van der Waals surface area contributed by atoms with Crippen molar-refractivity contribution in [2.75, 3.05) is 50.5 Å². The Hall–Kier alpha value is -0.670.